The van der Waals surface area contributed by atoms with Crippen molar-refractivity contribution in [3.8, 4) is 5.75 Å². The van der Waals surface area contributed by atoms with Crippen molar-refractivity contribution in [1.29, 1.82) is 0 Å². The van der Waals surface area contributed by atoms with Crippen molar-refractivity contribution in [3.05, 3.63) is 54.0 Å². The van der Waals surface area contributed by atoms with Gasteiger partial charge in [-0.25, -0.2) is 4.99 Å². The molecule has 2 aromatic rings. The van der Waals surface area contributed by atoms with Gasteiger partial charge in [-0.05, 0) is 43.2 Å². The fourth-order valence-corrected chi connectivity index (χ4v) is 3.01. The summed E-state index contributed by atoms with van der Waals surface area (Å²) in [5, 5.41) is 6.82. The molecule has 1 saturated heterocycles. The predicted octanol–water partition coefficient (Wildman–Crippen LogP) is 2.76. The van der Waals surface area contributed by atoms with E-state index in [1.165, 1.54) is 0 Å². The average molecular weight is 402 g/mol. The summed E-state index contributed by atoms with van der Waals surface area (Å²) in [6.45, 7) is 5.47. The number of methoxy groups -OCH3 is 1. The first-order valence-electron chi connectivity index (χ1n) is 10.1. The maximum Gasteiger partial charge on any atom is 0.191 e. The highest BCUT2D eigenvalue weighted by Crippen LogP contribution is 2.12. The zero-order chi connectivity index (χ0) is 20.3. The van der Waals surface area contributed by atoms with Gasteiger partial charge in [0.05, 0.1) is 39.2 Å². The first-order valence-corrected chi connectivity index (χ1v) is 10.1. The zero-order valence-electron chi connectivity index (χ0n) is 17.2. The van der Waals surface area contributed by atoms with E-state index in [0.29, 0.717) is 19.8 Å². The van der Waals surface area contributed by atoms with Crippen LogP contribution >= 0.6 is 0 Å². The Morgan fingerprint density at radius 1 is 1.28 bits per heavy atom. The molecule has 1 aromatic carbocycles. The predicted molar refractivity (Wildman–Crippen MR) is 112 cm³/mol. The third-order valence-corrected chi connectivity index (χ3v) is 4.68. The van der Waals surface area contributed by atoms with E-state index in [2.05, 4.69) is 17.6 Å². The van der Waals surface area contributed by atoms with Gasteiger partial charge in [0.15, 0.2) is 5.96 Å². The van der Waals surface area contributed by atoms with Crippen LogP contribution in [0.15, 0.2) is 52.1 Å². The number of furan rings is 1. The Kier molecular flexibility index (Phi) is 8.40. The Hall–Kier alpha value is -2.51. The molecule has 1 aromatic heterocycles. The second-order valence-corrected chi connectivity index (χ2v) is 7.13. The Morgan fingerprint density at radius 3 is 2.83 bits per heavy atom. The van der Waals surface area contributed by atoms with Crippen molar-refractivity contribution < 1.29 is 18.6 Å². The summed E-state index contributed by atoms with van der Waals surface area (Å²) >= 11 is 0. The maximum atomic E-state index is 5.92. The molecule has 0 saturated carbocycles. The van der Waals surface area contributed by atoms with E-state index in [9.17, 15) is 0 Å². The second kappa shape index (κ2) is 11.5. The molecule has 29 heavy (non-hydrogen) atoms. The highest BCUT2D eigenvalue weighted by molar-refractivity contribution is 5.80. The molecule has 1 aliphatic rings. The fourth-order valence-electron chi connectivity index (χ4n) is 3.01. The second-order valence-electron chi connectivity index (χ2n) is 7.13. The number of aliphatic imine (C=N–C) groups is 1. The number of nitrogens with zero attached hydrogens (tertiary/aromatic N) is 1. The lowest BCUT2D eigenvalue weighted by Gasteiger charge is -2.20. The summed E-state index contributed by atoms with van der Waals surface area (Å²) < 4.78 is 21.9. The lowest BCUT2D eigenvalue weighted by atomic mass is 10.2. The molecule has 158 valence electrons. The molecule has 7 heteroatoms. The summed E-state index contributed by atoms with van der Waals surface area (Å²) in [6.07, 6.45) is 3.65. The van der Waals surface area contributed by atoms with Crippen LogP contribution in [-0.4, -0.2) is 51.6 Å². The van der Waals surface area contributed by atoms with E-state index in [1.54, 1.807) is 13.4 Å². The molecule has 7 nitrogen and oxygen atoms in total. The van der Waals surface area contributed by atoms with E-state index in [4.69, 9.17) is 23.6 Å². The van der Waals surface area contributed by atoms with Crippen LogP contribution in [0.5, 0.6) is 5.75 Å². The highest BCUT2D eigenvalue weighted by atomic mass is 16.5. The molecule has 0 amide bonds. The van der Waals surface area contributed by atoms with Gasteiger partial charge in [0.2, 0.25) is 0 Å². The van der Waals surface area contributed by atoms with Crippen LogP contribution in [0.1, 0.15) is 24.7 Å². The summed E-state index contributed by atoms with van der Waals surface area (Å²) in [5.74, 6) is 2.55. The van der Waals surface area contributed by atoms with Gasteiger partial charge in [0.1, 0.15) is 11.5 Å². The van der Waals surface area contributed by atoms with Gasteiger partial charge >= 0.3 is 0 Å². The van der Waals surface area contributed by atoms with Crippen molar-refractivity contribution in [1.82, 2.24) is 10.6 Å². The van der Waals surface area contributed by atoms with Crippen LogP contribution in [0.3, 0.4) is 0 Å². The molecule has 2 atom stereocenters. The number of ether oxygens (including phenoxy) is 3. The lowest BCUT2D eigenvalue weighted by molar-refractivity contribution is 0.0347. The fraction of sp³-hybridized carbons (Fsp3) is 0.500. The molecule has 1 aliphatic heterocycles. The van der Waals surface area contributed by atoms with Gasteiger partial charge < -0.3 is 29.3 Å². The van der Waals surface area contributed by atoms with E-state index >= 15 is 0 Å². The van der Waals surface area contributed by atoms with Crippen LogP contribution in [0, 0.1) is 0 Å². The van der Waals surface area contributed by atoms with Crippen LogP contribution in [-0.2, 0) is 22.4 Å². The Bertz CT molecular complexity index is 725. The standard InChI is InChI=1S/C22H31N3O4/c1-17(15-29-21-10-13-27-16-21)25-22(23-11-9-20-4-3-12-28-20)24-14-18-5-7-19(26-2)8-6-18/h3-8,12,17,21H,9-11,13-16H2,1-2H3,(H2,23,24,25). The number of benzene rings is 1. The molecule has 2 heterocycles. The molecule has 3 rings (SSSR count). The van der Waals surface area contributed by atoms with Gasteiger partial charge in [-0.15, -0.1) is 0 Å². The lowest BCUT2D eigenvalue weighted by Crippen LogP contribution is -2.45. The molecule has 0 aliphatic carbocycles. The zero-order valence-corrected chi connectivity index (χ0v) is 17.2. The largest absolute Gasteiger partial charge is 0.497 e. The molecule has 1 fully saturated rings. The number of nitrogens with one attached hydrogen (secondary N) is 2. The molecule has 0 spiro atoms. The van der Waals surface area contributed by atoms with Crippen LogP contribution in [0.4, 0.5) is 0 Å². The number of rotatable bonds is 10. The third-order valence-electron chi connectivity index (χ3n) is 4.68. The Morgan fingerprint density at radius 2 is 2.14 bits per heavy atom. The highest BCUT2D eigenvalue weighted by Gasteiger charge is 2.17. The topological polar surface area (TPSA) is 77.2 Å². The average Bonchev–Trinajstić information content (AvgIpc) is 3.45. The monoisotopic (exact) mass is 401 g/mol. The smallest absolute Gasteiger partial charge is 0.191 e. The molecule has 2 N–H and O–H groups in total. The SMILES string of the molecule is COc1ccc(CN=C(NCCc2ccco2)NC(C)COC2CCOC2)cc1. The Labute approximate surface area is 172 Å². The summed E-state index contributed by atoms with van der Waals surface area (Å²) in [7, 11) is 1.67. The van der Waals surface area contributed by atoms with Gasteiger partial charge in [0.25, 0.3) is 0 Å². The minimum atomic E-state index is 0.126. The molecule has 0 radical (unpaired) electrons. The first-order chi connectivity index (χ1) is 14.2. The number of guanidine groups is 1. The first kappa shape index (κ1) is 21.2. The van der Waals surface area contributed by atoms with E-state index in [-0.39, 0.29) is 12.1 Å². The van der Waals surface area contributed by atoms with Crippen molar-refractivity contribution in [3.63, 3.8) is 0 Å². The van der Waals surface area contributed by atoms with Gasteiger partial charge in [-0.2, -0.15) is 0 Å². The summed E-state index contributed by atoms with van der Waals surface area (Å²) in [5.41, 5.74) is 1.12. The van der Waals surface area contributed by atoms with E-state index < -0.39 is 0 Å². The summed E-state index contributed by atoms with van der Waals surface area (Å²) in [4.78, 5) is 4.73. The molecule has 2 unspecified atom stereocenters. The maximum absolute atomic E-state index is 5.92. The number of hydrogen-bond donors (Lipinski definition) is 2. The third kappa shape index (κ3) is 7.44. The van der Waals surface area contributed by atoms with Crippen molar-refractivity contribution >= 4 is 5.96 Å². The minimum Gasteiger partial charge on any atom is -0.497 e. The normalized spacial score (nSPS) is 17.9. The van der Waals surface area contributed by atoms with Crippen molar-refractivity contribution in [2.75, 3.05) is 33.5 Å². The summed E-state index contributed by atoms with van der Waals surface area (Å²) in [6, 6.07) is 11.9. The van der Waals surface area contributed by atoms with E-state index in [1.807, 2.05) is 36.4 Å². The Balaban J connectivity index is 1.53. The van der Waals surface area contributed by atoms with Crippen LogP contribution in [0.25, 0.3) is 0 Å². The minimum absolute atomic E-state index is 0.126. The van der Waals surface area contributed by atoms with Gasteiger partial charge in [-0.3, -0.25) is 0 Å². The van der Waals surface area contributed by atoms with Crippen LogP contribution in [0.2, 0.25) is 0 Å². The van der Waals surface area contributed by atoms with Crippen molar-refractivity contribution in [2.45, 2.75) is 38.5 Å². The van der Waals surface area contributed by atoms with Crippen LogP contribution < -0.4 is 15.4 Å². The molecular formula is C22H31N3O4. The quantitative estimate of drug-likeness (QED) is 0.471. The van der Waals surface area contributed by atoms with Crippen molar-refractivity contribution in [2.24, 2.45) is 4.99 Å². The molecular weight excluding hydrogens is 370 g/mol. The van der Waals surface area contributed by atoms with E-state index in [0.717, 1.165) is 49.0 Å². The van der Waals surface area contributed by atoms with Gasteiger partial charge in [-0.1, -0.05) is 12.1 Å². The molecule has 0 bridgehead atoms. The van der Waals surface area contributed by atoms with Gasteiger partial charge in [0, 0.05) is 25.6 Å². The number of hydrogen-bond acceptors (Lipinski definition) is 5.